The number of carbonyl (C=O) groups is 5. The molecule has 0 spiro atoms. The number of hydrogen-bond donors (Lipinski definition) is 4. The number of aromatic nitrogens is 1. The Labute approximate surface area is 303 Å². The van der Waals surface area contributed by atoms with Crippen molar-refractivity contribution < 1.29 is 32.4 Å². The minimum Gasteiger partial charge on any atom is -0.346 e. The molecule has 6 atom stereocenters. The van der Waals surface area contributed by atoms with Gasteiger partial charge in [-0.15, -0.1) is 6.58 Å². The van der Waals surface area contributed by atoms with Gasteiger partial charge in [0.1, 0.15) is 12.1 Å². The molecule has 51 heavy (non-hydrogen) atoms. The summed E-state index contributed by atoms with van der Waals surface area (Å²) in [5.41, 5.74) is -1.61. The summed E-state index contributed by atoms with van der Waals surface area (Å²) >= 11 is 0. The molecule has 2 heterocycles. The number of piperidine rings is 1. The second kappa shape index (κ2) is 15.8. The van der Waals surface area contributed by atoms with Gasteiger partial charge in [-0.3, -0.25) is 19.2 Å². The summed E-state index contributed by atoms with van der Waals surface area (Å²) in [6.45, 7) is 20.8. The van der Waals surface area contributed by atoms with Crippen LogP contribution >= 0.6 is 0 Å². The van der Waals surface area contributed by atoms with Crippen LogP contribution in [0, 0.1) is 28.1 Å². The van der Waals surface area contributed by atoms with Gasteiger partial charge in [0, 0.05) is 38.9 Å². The lowest BCUT2D eigenvalue weighted by molar-refractivity contribution is -0.145. The van der Waals surface area contributed by atoms with Gasteiger partial charge in [-0.1, -0.05) is 80.9 Å². The molecule has 1 aromatic rings. The minimum absolute atomic E-state index is 0.0322. The van der Waals surface area contributed by atoms with Crippen molar-refractivity contribution in [3.8, 4) is 0 Å². The first-order valence-corrected chi connectivity index (χ1v) is 18.9. The molecule has 0 aromatic carbocycles. The summed E-state index contributed by atoms with van der Waals surface area (Å²) in [7, 11) is -2.53. The maximum Gasteiger partial charge on any atom is 0.315 e. The van der Waals surface area contributed by atoms with Gasteiger partial charge in [-0.05, 0) is 46.6 Å². The molecule has 2 fully saturated rings. The van der Waals surface area contributed by atoms with Gasteiger partial charge < -0.3 is 26.2 Å². The van der Waals surface area contributed by atoms with Gasteiger partial charge in [-0.2, -0.15) is 4.31 Å². The average molecular weight is 732 g/mol. The van der Waals surface area contributed by atoms with Crippen molar-refractivity contribution in [2.45, 2.75) is 104 Å². The van der Waals surface area contributed by atoms with Crippen molar-refractivity contribution >= 4 is 39.6 Å². The Morgan fingerprint density at radius 3 is 2.24 bits per heavy atom. The van der Waals surface area contributed by atoms with Gasteiger partial charge in [0.15, 0.2) is 5.03 Å². The van der Waals surface area contributed by atoms with Crippen LogP contribution in [0.25, 0.3) is 0 Å². The lowest BCUT2D eigenvalue weighted by Crippen LogP contribution is -2.62. The summed E-state index contributed by atoms with van der Waals surface area (Å²) in [5.74, 6) is -2.71. The number of nitrogens with one attached hydrogen (secondary N) is 4. The number of pyridine rings is 1. The van der Waals surface area contributed by atoms with Gasteiger partial charge >= 0.3 is 6.03 Å². The molecule has 4 N–H and O–H groups in total. The number of carbonyl (C=O) groups excluding carboxylic acids is 5. The Hall–Kier alpha value is -3.85. The van der Waals surface area contributed by atoms with Crippen LogP contribution in [0.2, 0.25) is 0 Å². The molecule has 1 aliphatic heterocycles. The molecule has 284 valence electrons. The standard InChI is InChI=1S/C36H57N7O7S/c1-12-16-23(28(44)31(46)38-18-13-2)39-30(45)27-26-22(36(26,9)10)20-43(27)32(47)29(35(6,7)8)41-33(48)40-24(34(3,4)5)21-42(11)51(49,50)25-17-14-15-19-37-25/h13-15,17,19,22-24,26-27,29H,2,12,16,18,20-21H2,1,3-11H3,(H,38,46)(H,39,45)(H2,40,41,48)/t22-,23?,24+,26-,27-,29+/m0/s1. The van der Waals surface area contributed by atoms with E-state index < -0.39 is 74.6 Å². The van der Waals surface area contributed by atoms with E-state index in [0.717, 1.165) is 4.31 Å². The van der Waals surface area contributed by atoms with Gasteiger partial charge in [0.2, 0.25) is 17.6 Å². The minimum atomic E-state index is -3.95. The summed E-state index contributed by atoms with van der Waals surface area (Å²) in [4.78, 5) is 73.0. The maximum atomic E-state index is 14.4. The van der Waals surface area contributed by atoms with Gasteiger partial charge in [0.05, 0.1) is 6.04 Å². The Balaban J connectivity index is 1.83. The number of hydrogen-bond acceptors (Lipinski definition) is 8. The number of amides is 5. The fourth-order valence-electron chi connectivity index (χ4n) is 6.73. The topological polar surface area (TPSA) is 187 Å². The van der Waals surface area contributed by atoms with Gasteiger partial charge in [0.25, 0.3) is 15.9 Å². The second-order valence-electron chi connectivity index (χ2n) is 16.4. The van der Waals surface area contributed by atoms with Gasteiger partial charge in [-0.25, -0.2) is 18.2 Å². The number of ketones is 1. The summed E-state index contributed by atoms with van der Waals surface area (Å²) in [6.07, 6.45) is 3.61. The van der Waals surface area contributed by atoms with Crippen molar-refractivity contribution in [3.63, 3.8) is 0 Å². The van der Waals surface area contributed by atoms with Crippen molar-refractivity contribution in [3.05, 3.63) is 37.1 Å². The van der Waals surface area contributed by atoms with Crippen molar-refractivity contribution in [2.24, 2.45) is 28.1 Å². The van der Waals surface area contributed by atoms with E-state index in [0.29, 0.717) is 6.42 Å². The highest BCUT2D eigenvalue weighted by Crippen LogP contribution is 2.65. The van der Waals surface area contributed by atoms with E-state index in [1.54, 1.807) is 32.9 Å². The smallest absolute Gasteiger partial charge is 0.315 e. The Morgan fingerprint density at radius 2 is 1.71 bits per heavy atom. The number of nitrogens with zero attached hydrogens (tertiary/aromatic N) is 3. The number of sulfonamides is 1. The third-order valence-electron chi connectivity index (χ3n) is 10.1. The zero-order valence-electron chi connectivity index (χ0n) is 31.7. The largest absolute Gasteiger partial charge is 0.346 e. The van der Waals surface area contributed by atoms with E-state index in [-0.39, 0.29) is 48.3 Å². The second-order valence-corrected chi connectivity index (χ2v) is 18.4. The van der Waals surface area contributed by atoms with E-state index in [4.69, 9.17) is 0 Å². The lowest BCUT2D eigenvalue weighted by atomic mass is 9.85. The summed E-state index contributed by atoms with van der Waals surface area (Å²) in [5, 5.41) is 10.9. The molecular weight excluding hydrogens is 675 g/mol. The normalized spacial score (nSPS) is 21.5. The van der Waals surface area contributed by atoms with Crippen LogP contribution in [-0.2, 0) is 29.2 Å². The Kier molecular flexibility index (Phi) is 12.9. The molecule has 5 amide bonds. The van der Waals surface area contributed by atoms with Crippen molar-refractivity contribution in [1.29, 1.82) is 0 Å². The van der Waals surface area contributed by atoms with Crippen LogP contribution in [0.5, 0.6) is 0 Å². The molecule has 1 saturated heterocycles. The number of likely N-dealkylation sites (N-methyl/N-ethyl adjacent to an activating group) is 1. The van der Waals surface area contributed by atoms with Crippen LogP contribution < -0.4 is 21.3 Å². The van der Waals surface area contributed by atoms with E-state index in [1.807, 2.05) is 41.5 Å². The summed E-state index contributed by atoms with van der Waals surface area (Å²) < 4.78 is 27.6. The molecular formula is C36H57N7O7S. The first-order chi connectivity index (χ1) is 23.5. The molecule has 2 aliphatic rings. The Morgan fingerprint density at radius 1 is 1.06 bits per heavy atom. The zero-order valence-corrected chi connectivity index (χ0v) is 32.5. The number of Topliss-reactive ketones (excluding diaryl/α,β-unsaturated/α-hetero) is 1. The maximum absolute atomic E-state index is 14.4. The first kappa shape index (κ1) is 41.6. The molecule has 0 bridgehead atoms. The highest BCUT2D eigenvalue weighted by molar-refractivity contribution is 7.89. The fourth-order valence-corrected chi connectivity index (χ4v) is 7.84. The Bertz CT molecular complexity index is 1580. The predicted octanol–water partition coefficient (Wildman–Crippen LogP) is 2.47. The molecule has 1 unspecified atom stereocenters. The predicted molar refractivity (Wildman–Crippen MR) is 194 cm³/mol. The van der Waals surface area contributed by atoms with Crippen LogP contribution in [0.1, 0.15) is 75.2 Å². The molecule has 1 aliphatic carbocycles. The summed E-state index contributed by atoms with van der Waals surface area (Å²) in [6, 6.07) is 0.205. The molecule has 1 aromatic heterocycles. The SMILES string of the molecule is C=CCNC(=O)C(=O)C(CCC)NC(=O)[C@@H]1[C@@H]2[C@H](CN1C(=O)[C@@H](NC(=O)N[C@H](CN(C)S(=O)(=O)c1ccccn1)C(C)(C)C)C(C)(C)C)C2(C)C. The van der Waals surface area contributed by atoms with Crippen LogP contribution in [0.3, 0.4) is 0 Å². The van der Waals surface area contributed by atoms with E-state index in [1.165, 1.54) is 30.3 Å². The number of urea groups is 1. The first-order valence-electron chi connectivity index (χ1n) is 17.5. The highest BCUT2D eigenvalue weighted by atomic mass is 32.2. The van der Waals surface area contributed by atoms with Crippen molar-refractivity contribution in [2.75, 3.05) is 26.7 Å². The van der Waals surface area contributed by atoms with E-state index in [9.17, 15) is 32.4 Å². The highest BCUT2D eigenvalue weighted by Gasteiger charge is 2.70. The molecule has 3 rings (SSSR count). The monoisotopic (exact) mass is 731 g/mol. The number of likely N-dealkylation sites (tertiary alicyclic amines) is 1. The third-order valence-corrected chi connectivity index (χ3v) is 11.8. The van der Waals surface area contributed by atoms with Crippen LogP contribution in [-0.4, -0.2) is 103 Å². The van der Waals surface area contributed by atoms with Crippen molar-refractivity contribution in [1.82, 2.24) is 35.5 Å². The molecule has 15 heteroatoms. The average Bonchev–Trinajstić information content (AvgIpc) is 3.34. The number of fused-ring (bicyclic) bond motifs is 1. The third kappa shape index (κ3) is 9.53. The lowest BCUT2D eigenvalue weighted by Gasteiger charge is -2.39. The number of rotatable bonds is 15. The van der Waals surface area contributed by atoms with E-state index >= 15 is 0 Å². The van der Waals surface area contributed by atoms with Crippen LogP contribution in [0.15, 0.2) is 42.1 Å². The van der Waals surface area contributed by atoms with E-state index in [2.05, 4.69) is 32.8 Å². The molecule has 14 nitrogen and oxygen atoms in total. The molecule has 0 radical (unpaired) electrons. The van der Waals surface area contributed by atoms with Crippen LogP contribution in [0.4, 0.5) is 4.79 Å². The fraction of sp³-hybridized carbons (Fsp3) is 0.667. The molecule has 1 saturated carbocycles. The quantitative estimate of drug-likeness (QED) is 0.157. The zero-order chi connectivity index (χ0) is 38.7.